The standard InChI is InChI=1S/C21H20N2O3/c1-25-17-12-11-15(13-18(17)26-16-9-5-6-10-16)20-19(21(24)23-22-20)14-7-3-2-4-8-14/h2-4,7-8,11-13,16H,5-6,9-10H2,1H3. The molecule has 0 unspecified atom stereocenters. The average molecular weight is 348 g/mol. The molecule has 0 atom stereocenters. The highest BCUT2D eigenvalue weighted by atomic mass is 16.5. The normalized spacial score (nSPS) is 17.2. The van der Waals surface area contributed by atoms with E-state index in [-0.39, 0.29) is 12.0 Å². The highest BCUT2D eigenvalue weighted by molar-refractivity contribution is 6.29. The summed E-state index contributed by atoms with van der Waals surface area (Å²) in [5.74, 6) is 1.05. The third-order valence-electron chi connectivity index (χ3n) is 4.79. The van der Waals surface area contributed by atoms with Crippen LogP contribution in [0.1, 0.15) is 36.8 Å². The van der Waals surface area contributed by atoms with Gasteiger partial charge in [-0.3, -0.25) is 4.79 Å². The van der Waals surface area contributed by atoms with E-state index < -0.39 is 0 Å². The van der Waals surface area contributed by atoms with Gasteiger partial charge in [-0.2, -0.15) is 0 Å². The Hall–Kier alpha value is -2.95. The zero-order valence-electron chi connectivity index (χ0n) is 14.6. The summed E-state index contributed by atoms with van der Waals surface area (Å²) in [5.41, 5.74) is 2.70. The fourth-order valence-electron chi connectivity index (χ4n) is 3.47. The number of carbonyl (C=O) groups is 1. The summed E-state index contributed by atoms with van der Waals surface area (Å²) in [6, 6.07) is 15.1. The summed E-state index contributed by atoms with van der Waals surface area (Å²) >= 11 is 0. The van der Waals surface area contributed by atoms with Gasteiger partial charge in [-0.15, -0.1) is 10.2 Å². The smallest absolute Gasteiger partial charge is 0.298 e. The van der Waals surface area contributed by atoms with Gasteiger partial charge in [0.15, 0.2) is 11.5 Å². The third-order valence-corrected chi connectivity index (χ3v) is 4.79. The summed E-state index contributed by atoms with van der Waals surface area (Å²) < 4.78 is 11.6. The molecule has 26 heavy (non-hydrogen) atoms. The van der Waals surface area contributed by atoms with E-state index in [2.05, 4.69) is 10.2 Å². The molecule has 1 aliphatic carbocycles. The Bertz CT molecular complexity index is 881. The topological polar surface area (TPSA) is 60.2 Å². The number of ether oxygens (including phenoxy) is 2. The molecule has 1 fully saturated rings. The van der Waals surface area contributed by atoms with E-state index in [4.69, 9.17) is 9.47 Å². The predicted octanol–water partition coefficient (Wildman–Crippen LogP) is 4.88. The first kappa shape index (κ1) is 16.5. The van der Waals surface area contributed by atoms with E-state index in [1.165, 1.54) is 12.8 Å². The van der Waals surface area contributed by atoms with E-state index in [9.17, 15) is 4.79 Å². The lowest BCUT2D eigenvalue weighted by Crippen LogP contribution is -2.11. The van der Waals surface area contributed by atoms with Gasteiger partial charge in [0.05, 0.1) is 18.8 Å². The van der Waals surface area contributed by atoms with E-state index in [1.807, 2.05) is 48.5 Å². The summed E-state index contributed by atoms with van der Waals surface area (Å²) in [7, 11) is 1.63. The second kappa shape index (κ2) is 7.12. The number of hydrogen-bond donors (Lipinski definition) is 0. The predicted molar refractivity (Wildman–Crippen MR) is 99.0 cm³/mol. The van der Waals surface area contributed by atoms with Crippen LogP contribution < -0.4 is 9.47 Å². The van der Waals surface area contributed by atoms with Gasteiger partial charge in [-0.05, 0) is 49.4 Å². The minimum absolute atomic E-state index is 0.216. The van der Waals surface area contributed by atoms with E-state index >= 15 is 0 Å². The van der Waals surface area contributed by atoms with Gasteiger partial charge in [-0.1, -0.05) is 30.3 Å². The molecule has 5 heteroatoms. The Morgan fingerprint density at radius 2 is 1.69 bits per heavy atom. The van der Waals surface area contributed by atoms with Crippen LogP contribution in [0.5, 0.6) is 11.5 Å². The monoisotopic (exact) mass is 348 g/mol. The van der Waals surface area contributed by atoms with Gasteiger partial charge in [0.2, 0.25) is 0 Å². The lowest BCUT2D eigenvalue weighted by molar-refractivity contribution is -0.112. The molecule has 2 aliphatic rings. The fourth-order valence-corrected chi connectivity index (χ4v) is 3.47. The SMILES string of the molecule is COc1ccc(C2=C(c3ccccc3)C(=O)N=N2)cc1OC1CCCC1. The molecule has 1 heterocycles. The molecule has 0 spiro atoms. The van der Waals surface area contributed by atoms with Gasteiger partial charge < -0.3 is 9.47 Å². The molecule has 4 rings (SSSR count). The van der Waals surface area contributed by atoms with Crippen LogP contribution in [-0.4, -0.2) is 19.1 Å². The highest BCUT2D eigenvalue weighted by Gasteiger charge is 2.25. The minimum atomic E-state index is -0.319. The molecule has 1 saturated carbocycles. The molecule has 0 saturated heterocycles. The van der Waals surface area contributed by atoms with Gasteiger partial charge in [0, 0.05) is 5.56 Å². The first-order chi connectivity index (χ1) is 12.8. The van der Waals surface area contributed by atoms with Crippen molar-refractivity contribution in [2.24, 2.45) is 10.2 Å². The van der Waals surface area contributed by atoms with Crippen LogP contribution in [0.2, 0.25) is 0 Å². The molecule has 0 radical (unpaired) electrons. The summed E-state index contributed by atoms with van der Waals surface area (Å²) in [6.45, 7) is 0. The van der Waals surface area contributed by atoms with Crippen molar-refractivity contribution in [1.29, 1.82) is 0 Å². The van der Waals surface area contributed by atoms with Crippen molar-refractivity contribution in [3.63, 3.8) is 0 Å². The highest BCUT2D eigenvalue weighted by Crippen LogP contribution is 2.38. The van der Waals surface area contributed by atoms with Crippen molar-refractivity contribution in [1.82, 2.24) is 0 Å². The van der Waals surface area contributed by atoms with Crippen LogP contribution >= 0.6 is 0 Å². The summed E-state index contributed by atoms with van der Waals surface area (Å²) in [6.07, 6.45) is 4.72. The number of benzene rings is 2. The maximum atomic E-state index is 12.3. The number of nitrogens with zero attached hydrogens (tertiary/aromatic N) is 2. The molecular weight excluding hydrogens is 328 g/mol. The molecule has 2 aromatic carbocycles. The van der Waals surface area contributed by atoms with Crippen molar-refractivity contribution < 1.29 is 14.3 Å². The lowest BCUT2D eigenvalue weighted by atomic mass is 10.00. The molecule has 0 N–H and O–H groups in total. The van der Waals surface area contributed by atoms with Crippen LogP contribution in [0.25, 0.3) is 11.3 Å². The minimum Gasteiger partial charge on any atom is -0.493 e. The Kier molecular flexibility index (Phi) is 4.52. The van der Waals surface area contributed by atoms with Crippen LogP contribution in [0.15, 0.2) is 58.8 Å². The van der Waals surface area contributed by atoms with Crippen LogP contribution in [0, 0.1) is 0 Å². The van der Waals surface area contributed by atoms with Crippen molar-refractivity contribution >= 4 is 17.2 Å². The lowest BCUT2D eigenvalue weighted by Gasteiger charge is -2.17. The van der Waals surface area contributed by atoms with Gasteiger partial charge in [-0.25, -0.2) is 0 Å². The van der Waals surface area contributed by atoms with Gasteiger partial charge in [0.25, 0.3) is 5.91 Å². The van der Waals surface area contributed by atoms with Crippen molar-refractivity contribution in [2.45, 2.75) is 31.8 Å². The average Bonchev–Trinajstić information content (AvgIpc) is 3.32. The molecule has 0 aromatic heterocycles. The zero-order valence-corrected chi connectivity index (χ0v) is 14.6. The van der Waals surface area contributed by atoms with Gasteiger partial charge in [0.1, 0.15) is 5.70 Å². The number of rotatable bonds is 5. The van der Waals surface area contributed by atoms with Crippen LogP contribution in [0.4, 0.5) is 0 Å². The largest absolute Gasteiger partial charge is 0.493 e. The fraction of sp³-hybridized carbons (Fsp3) is 0.286. The Labute approximate surface area is 152 Å². The number of azo groups is 1. The van der Waals surface area contributed by atoms with E-state index in [1.54, 1.807) is 7.11 Å². The maximum absolute atomic E-state index is 12.3. The second-order valence-electron chi connectivity index (χ2n) is 6.48. The molecule has 132 valence electrons. The third kappa shape index (κ3) is 3.12. The molecule has 5 nitrogen and oxygen atoms in total. The number of amides is 1. The van der Waals surface area contributed by atoms with E-state index in [0.29, 0.717) is 22.8 Å². The van der Waals surface area contributed by atoms with Crippen molar-refractivity contribution in [3.05, 3.63) is 59.7 Å². The molecular formula is C21H20N2O3. The Balaban J connectivity index is 1.75. The quantitative estimate of drug-likeness (QED) is 0.774. The molecule has 0 bridgehead atoms. The molecule has 1 amide bonds. The number of carbonyl (C=O) groups excluding carboxylic acids is 1. The van der Waals surface area contributed by atoms with Crippen molar-refractivity contribution in [3.8, 4) is 11.5 Å². The second-order valence-corrected chi connectivity index (χ2v) is 6.48. The first-order valence-corrected chi connectivity index (χ1v) is 8.87. The molecule has 1 aliphatic heterocycles. The van der Waals surface area contributed by atoms with Crippen molar-refractivity contribution in [2.75, 3.05) is 7.11 Å². The number of methoxy groups -OCH3 is 1. The molecule has 2 aromatic rings. The van der Waals surface area contributed by atoms with Gasteiger partial charge >= 0.3 is 0 Å². The van der Waals surface area contributed by atoms with Crippen LogP contribution in [0.3, 0.4) is 0 Å². The first-order valence-electron chi connectivity index (χ1n) is 8.87. The summed E-state index contributed by atoms with van der Waals surface area (Å²) in [5, 5.41) is 7.90. The van der Waals surface area contributed by atoms with E-state index in [0.717, 1.165) is 24.0 Å². The zero-order chi connectivity index (χ0) is 17.9. The number of hydrogen-bond acceptors (Lipinski definition) is 4. The summed E-state index contributed by atoms with van der Waals surface area (Å²) in [4.78, 5) is 12.3. The maximum Gasteiger partial charge on any atom is 0.298 e. The van der Waals surface area contributed by atoms with Crippen LogP contribution in [-0.2, 0) is 4.79 Å². The Morgan fingerprint density at radius 3 is 2.42 bits per heavy atom. The Morgan fingerprint density at radius 1 is 0.923 bits per heavy atom.